The average molecular weight is 622 g/mol. The van der Waals surface area contributed by atoms with E-state index in [2.05, 4.69) is 13.8 Å². The highest BCUT2D eigenvalue weighted by molar-refractivity contribution is 7.45. The fraction of sp³-hybridized carbons (Fsp3) is 0.938. The highest BCUT2D eigenvalue weighted by Gasteiger charge is 2.21. The number of quaternary nitrogens is 1. The topological polar surface area (TPSA) is 111 Å². The van der Waals surface area contributed by atoms with Gasteiger partial charge < -0.3 is 27.9 Å². The molecular weight excluding hydrogens is 557 g/mol. The number of unbranched alkanes of at least 4 members (excludes halogenated alkanes) is 16. The Balaban J connectivity index is 4.40. The van der Waals surface area contributed by atoms with Crippen LogP contribution in [0.1, 0.15) is 142 Å². The lowest BCUT2D eigenvalue weighted by atomic mass is 10.0. The van der Waals surface area contributed by atoms with Crippen LogP contribution in [0.4, 0.5) is 0 Å². The van der Waals surface area contributed by atoms with E-state index in [4.69, 9.17) is 18.5 Å². The van der Waals surface area contributed by atoms with Crippen molar-refractivity contribution in [2.75, 3.05) is 47.5 Å². The maximum atomic E-state index is 12.5. The molecular formula is C32H64NO8P. The normalized spacial score (nSPS) is 14.0. The van der Waals surface area contributed by atoms with Crippen molar-refractivity contribution >= 4 is 19.8 Å². The lowest BCUT2D eigenvalue weighted by Gasteiger charge is -2.28. The van der Waals surface area contributed by atoms with Crippen molar-refractivity contribution in [3.8, 4) is 0 Å². The fourth-order valence-electron chi connectivity index (χ4n) is 4.42. The average Bonchev–Trinajstić information content (AvgIpc) is 2.91. The molecule has 0 N–H and O–H groups in total. The van der Waals surface area contributed by atoms with Gasteiger partial charge in [0.2, 0.25) is 0 Å². The molecule has 42 heavy (non-hydrogen) atoms. The number of phosphoric acid groups is 1. The highest BCUT2D eigenvalue weighted by Crippen LogP contribution is 2.38. The van der Waals surface area contributed by atoms with Gasteiger partial charge in [0.15, 0.2) is 6.10 Å². The van der Waals surface area contributed by atoms with Crippen LogP contribution in [-0.2, 0) is 32.7 Å². The van der Waals surface area contributed by atoms with Crippen molar-refractivity contribution in [3.05, 3.63) is 0 Å². The Labute approximate surface area is 257 Å². The zero-order valence-electron chi connectivity index (χ0n) is 27.7. The molecule has 2 unspecified atom stereocenters. The van der Waals surface area contributed by atoms with E-state index in [9.17, 15) is 19.0 Å². The van der Waals surface area contributed by atoms with E-state index in [1.807, 2.05) is 21.1 Å². The SMILES string of the molecule is CCCCCCCCCCCCCCCC(=O)OC(COC(=O)CCCCCCC)COP(=O)([O-])OCC[N+](C)(C)C. The van der Waals surface area contributed by atoms with Gasteiger partial charge in [-0.1, -0.05) is 117 Å². The third-order valence-electron chi connectivity index (χ3n) is 7.13. The van der Waals surface area contributed by atoms with Crippen LogP contribution < -0.4 is 4.89 Å². The van der Waals surface area contributed by atoms with E-state index in [1.54, 1.807) is 0 Å². The summed E-state index contributed by atoms with van der Waals surface area (Å²) < 4.78 is 33.4. The number of hydrogen-bond acceptors (Lipinski definition) is 8. The third-order valence-corrected chi connectivity index (χ3v) is 8.09. The number of carbonyl (C=O) groups excluding carboxylic acids is 2. The van der Waals surface area contributed by atoms with Gasteiger partial charge >= 0.3 is 11.9 Å². The summed E-state index contributed by atoms with van der Waals surface area (Å²) in [6.45, 7) is 4.11. The number of rotatable bonds is 30. The summed E-state index contributed by atoms with van der Waals surface area (Å²) in [5.41, 5.74) is 0. The van der Waals surface area contributed by atoms with Gasteiger partial charge in [0.1, 0.15) is 19.8 Å². The number of hydrogen-bond donors (Lipinski definition) is 0. The van der Waals surface area contributed by atoms with Crippen LogP contribution in [0.3, 0.4) is 0 Å². The summed E-state index contributed by atoms with van der Waals surface area (Å²) in [6, 6.07) is 0. The lowest BCUT2D eigenvalue weighted by molar-refractivity contribution is -0.870. The number of likely N-dealkylation sites (N-methyl/N-ethyl adjacent to an activating group) is 1. The highest BCUT2D eigenvalue weighted by atomic mass is 31.2. The predicted octanol–water partition coefficient (Wildman–Crippen LogP) is 7.49. The van der Waals surface area contributed by atoms with Gasteiger partial charge in [-0.15, -0.1) is 0 Å². The van der Waals surface area contributed by atoms with Crippen molar-refractivity contribution in [3.63, 3.8) is 0 Å². The van der Waals surface area contributed by atoms with E-state index < -0.39 is 32.5 Å². The fourth-order valence-corrected chi connectivity index (χ4v) is 5.15. The van der Waals surface area contributed by atoms with E-state index in [0.29, 0.717) is 17.4 Å². The Bertz CT molecular complexity index is 713. The van der Waals surface area contributed by atoms with Crippen LogP contribution in [0.5, 0.6) is 0 Å². The van der Waals surface area contributed by atoms with Gasteiger partial charge in [0.25, 0.3) is 7.82 Å². The molecule has 0 aliphatic rings. The molecule has 0 radical (unpaired) electrons. The van der Waals surface area contributed by atoms with Crippen molar-refractivity contribution in [2.45, 2.75) is 148 Å². The molecule has 0 aliphatic heterocycles. The number of nitrogens with zero attached hydrogens (tertiary/aromatic N) is 1. The molecule has 0 aromatic heterocycles. The van der Waals surface area contributed by atoms with E-state index in [0.717, 1.165) is 44.9 Å². The molecule has 0 saturated carbocycles. The molecule has 2 atom stereocenters. The minimum absolute atomic E-state index is 0.0270. The minimum Gasteiger partial charge on any atom is -0.756 e. The molecule has 10 heteroatoms. The summed E-state index contributed by atoms with van der Waals surface area (Å²) in [5, 5.41) is 0. The summed E-state index contributed by atoms with van der Waals surface area (Å²) in [7, 11) is 1.17. The molecule has 0 aromatic rings. The second-order valence-corrected chi connectivity index (χ2v) is 14.0. The molecule has 0 amide bonds. The molecule has 0 spiro atoms. The van der Waals surface area contributed by atoms with Gasteiger partial charge in [-0.3, -0.25) is 14.2 Å². The van der Waals surface area contributed by atoms with Crippen molar-refractivity contribution in [1.82, 2.24) is 0 Å². The van der Waals surface area contributed by atoms with Crippen LogP contribution >= 0.6 is 7.82 Å². The first kappa shape index (κ1) is 41.0. The van der Waals surface area contributed by atoms with Gasteiger partial charge in [-0.2, -0.15) is 0 Å². The smallest absolute Gasteiger partial charge is 0.306 e. The standard InChI is InChI=1S/C32H64NO8P/c1-6-8-10-12-13-14-15-16-17-18-19-21-23-25-32(35)41-30(28-38-31(34)24-22-20-11-9-7-2)29-40-42(36,37)39-27-26-33(3,4)5/h30H,6-29H2,1-5H3. The first-order valence-corrected chi connectivity index (χ1v) is 18.2. The number of ether oxygens (including phenoxy) is 2. The molecule has 0 saturated heterocycles. The van der Waals surface area contributed by atoms with Gasteiger partial charge in [0, 0.05) is 12.8 Å². The van der Waals surface area contributed by atoms with E-state index >= 15 is 0 Å². The van der Waals surface area contributed by atoms with Gasteiger partial charge in [0.05, 0.1) is 27.7 Å². The molecule has 0 bridgehead atoms. The van der Waals surface area contributed by atoms with Crippen molar-refractivity contribution in [1.29, 1.82) is 0 Å². The summed E-state index contributed by atoms with van der Waals surface area (Å²) in [4.78, 5) is 36.9. The Morgan fingerprint density at radius 2 is 1.07 bits per heavy atom. The Morgan fingerprint density at radius 3 is 1.52 bits per heavy atom. The summed E-state index contributed by atoms with van der Waals surface area (Å²) in [5.74, 6) is -0.845. The maximum Gasteiger partial charge on any atom is 0.306 e. The summed E-state index contributed by atoms with van der Waals surface area (Å²) in [6.07, 6.45) is 20.3. The van der Waals surface area contributed by atoms with Crippen LogP contribution in [-0.4, -0.2) is 70.0 Å². The van der Waals surface area contributed by atoms with Crippen LogP contribution in [0.25, 0.3) is 0 Å². The molecule has 9 nitrogen and oxygen atoms in total. The first-order valence-electron chi connectivity index (χ1n) is 16.7. The van der Waals surface area contributed by atoms with E-state index in [1.165, 1.54) is 64.2 Å². The molecule has 0 heterocycles. The zero-order valence-corrected chi connectivity index (χ0v) is 28.6. The van der Waals surface area contributed by atoms with Gasteiger partial charge in [-0.25, -0.2) is 0 Å². The number of esters is 2. The third kappa shape index (κ3) is 29.1. The largest absolute Gasteiger partial charge is 0.756 e. The Kier molecular flexibility index (Phi) is 25.8. The predicted molar refractivity (Wildman–Crippen MR) is 167 cm³/mol. The second kappa shape index (κ2) is 26.4. The molecule has 0 aromatic carbocycles. The Hall–Kier alpha value is -0.990. The van der Waals surface area contributed by atoms with Gasteiger partial charge in [-0.05, 0) is 12.8 Å². The zero-order chi connectivity index (χ0) is 31.5. The number of carbonyl (C=O) groups is 2. The minimum atomic E-state index is -4.59. The molecule has 0 rings (SSSR count). The first-order chi connectivity index (χ1) is 20.0. The van der Waals surface area contributed by atoms with Crippen molar-refractivity contribution < 1.29 is 42.1 Å². The quantitative estimate of drug-likeness (QED) is 0.0351. The molecule has 250 valence electrons. The monoisotopic (exact) mass is 621 g/mol. The lowest BCUT2D eigenvalue weighted by Crippen LogP contribution is -2.37. The van der Waals surface area contributed by atoms with Crippen molar-refractivity contribution in [2.24, 2.45) is 0 Å². The second-order valence-electron chi connectivity index (χ2n) is 12.5. The maximum absolute atomic E-state index is 12.5. The number of phosphoric ester groups is 1. The Morgan fingerprint density at radius 1 is 0.643 bits per heavy atom. The van der Waals surface area contributed by atoms with E-state index in [-0.39, 0.29) is 26.1 Å². The van der Waals surface area contributed by atoms with Crippen LogP contribution in [0, 0.1) is 0 Å². The molecule has 0 aliphatic carbocycles. The van der Waals surface area contributed by atoms with Crippen LogP contribution in [0.2, 0.25) is 0 Å². The van der Waals surface area contributed by atoms with Crippen LogP contribution in [0.15, 0.2) is 0 Å². The molecule has 0 fully saturated rings. The summed E-state index contributed by atoms with van der Waals surface area (Å²) >= 11 is 0.